The van der Waals surface area contributed by atoms with Gasteiger partial charge in [0.15, 0.2) is 0 Å². The van der Waals surface area contributed by atoms with Crippen molar-refractivity contribution in [3.05, 3.63) is 45.8 Å². The van der Waals surface area contributed by atoms with Gasteiger partial charge < -0.3 is 9.73 Å². The van der Waals surface area contributed by atoms with Crippen LogP contribution in [0.3, 0.4) is 0 Å². The molecule has 1 aliphatic rings. The second kappa shape index (κ2) is 6.00. The first-order chi connectivity index (χ1) is 10.2. The zero-order chi connectivity index (χ0) is 14.8. The zero-order valence-electron chi connectivity index (χ0n) is 12.7. The molecule has 21 heavy (non-hydrogen) atoms. The second-order valence-electron chi connectivity index (χ2n) is 5.79. The van der Waals surface area contributed by atoms with Crippen molar-refractivity contribution in [2.45, 2.75) is 32.9 Å². The van der Waals surface area contributed by atoms with Crippen LogP contribution in [0.4, 0.5) is 0 Å². The predicted molar refractivity (Wildman–Crippen MR) is 84.6 cm³/mol. The van der Waals surface area contributed by atoms with E-state index in [0.29, 0.717) is 18.2 Å². The van der Waals surface area contributed by atoms with E-state index in [1.54, 1.807) is 0 Å². The van der Waals surface area contributed by atoms with Crippen LogP contribution in [0.25, 0.3) is 11.0 Å². The third kappa shape index (κ3) is 2.87. The molecule has 0 fully saturated rings. The maximum absolute atomic E-state index is 12.2. The van der Waals surface area contributed by atoms with Gasteiger partial charge in [-0.15, -0.1) is 0 Å². The summed E-state index contributed by atoms with van der Waals surface area (Å²) in [6, 6.07) is 8.27. The molecule has 4 heteroatoms. The van der Waals surface area contributed by atoms with Gasteiger partial charge in [-0.3, -0.25) is 4.90 Å². The van der Waals surface area contributed by atoms with Crippen LogP contribution in [0, 0.1) is 0 Å². The van der Waals surface area contributed by atoms with E-state index in [4.69, 9.17) is 4.42 Å². The van der Waals surface area contributed by atoms with Gasteiger partial charge in [0.25, 0.3) is 0 Å². The summed E-state index contributed by atoms with van der Waals surface area (Å²) in [7, 11) is 0. The molecule has 112 valence electrons. The minimum Gasteiger partial charge on any atom is -0.422 e. The minimum atomic E-state index is -0.176. The van der Waals surface area contributed by atoms with Crippen LogP contribution in [-0.2, 0) is 13.0 Å². The largest absolute Gasteiger partial charge is 0.422 e. The average molecular weight is 286 g/mol. The number of likely N-dealkylation sites (N-methyl/N-ethyl adjacent to an activating group) is 1. The molecule has 0 saturated heterocycles. The molecule has 1 aromatic heterocycles. The molecule has 0 spiro atoms. The molecule has 2 heterocycles. The Morgan fingerprint density at radius 2 is 2.14 bits per heavy atom. The van der Waals surface area contributed by atoms with Crippen LogP contribution in [0.2, 0.25) is 0 Å². The summed E-state index contributed by atoms with van der Waals surface area (Å²) in [5.41, 5.74) is 2.54. The number of benzene rings is 1. The Kier molecular flexibility index (Phi) is 4.08. The summed E-state index contributed by atoms with van der Waals surface area (Å²) in [6.45, 7) is 7.91. The summed E-state index contributed by atoms with van der Waals surface area (Å²) in [6.07, 6.45) is 0.917. The van der Waals surface area contributed by atoms with Crippen molar-refractivity contribution in [2.24, 2.45) is 0 Å². The molecular weight excluding hydrogens is 264 g/mol. The summed E-state index contributed by atoms with van der Waals surface area (Å²) in [5, 5.41) is 4.51. The summed E-state index contributed by atoms with van der Waals surface area (Å²) < 4.78 is 5.46. The van der Waals surface area contributed by atoms with E-state index in [1.165, 1.54) is 5.56 Å². The van der Waals surface area contributed by atoms with E-state index in [9.17, 15) is 4.79 Å². The molecular formula is C17H22N2O2. The van der Waals surface area contributed by atoms with Crippen molar-refractivity contribution in [3.63, 3.8) is 0 Å². The number of nitrogens with zero attached hydrogens (tertiary/aromatic N) is 1. The van der Waals surface area contributed by atoms with Gasteiger partial charge in [-0.1, -0.05) is 25.1 Å². The average Bonchev–Trinajstić information content (AvgIpc) is 2.48. The van der Waals surface area contributed by atoms with Crippen molar-refractivity contribution in [2.75, 3.05) is 19.6 Å². The molecule has 0 amide bonds. The number of fused-ring (bicyclic) bond motifs is 3. The standard InChI is InChI=1S/C17H22N2O2/c1-3-18-12(2)10-19-9-8-13-14-6-4-5-7-16(14)21-17(20)15(13)11-19/h4-7,12,18H,3,8-11H2,1-2H3/t12-/m0/s1. The fourth-order valence-corrected chi connectivity index (χ4v) is 3.23. The Balaban J connectivity index is 1.89. The van der Waals surface area contributed by atoms with Crippen LogP contribution in [0.5, 0.6) is 0 Å². The predicted octanol–water partition coefficient (Wildman–Crippen LogP) is 2.15. The lowest BCUT2D eigenvalue weighted by atomic mass is 9.97. The van der Waals surface area contributed by atoms with E-state index in [-0.39, 0.29) is 5.63 Å². The van der Waals surface area contributed by atoms with Crippen molar-refractivity contribution >= 4 is 11.0 Å². The molecule has 0 bridgehead atoms. The summed E-state index contributed by atoms with van der Waals surface area (Å²) >= 11 is 0. The first-order valence-corrected chi connectivity index (χ1v) is 7.68. The number of hydrogen-bond acceptors (Lipinski definition) is 4. The highest BCUT2D eigenvalue weighted by molar-refractivity contribution is 5.81. The highest BCUT2D eigenvalue weighted by Gasteiger charge is 2.23. The molecule has 1 aliphatic heterocycles. The van der Waals surface area contributed by atoms with Crippen LogP contribution in [0.15, 0.2) is 33.5 Å². The SMILES string of the molecule is CCN[C@@H](C)CN1CCc2c(c(=O)oc3ccccc23)C1. The van der Waals surface area contributed by atoms with E-state index in [2.05, 4.69) is 24.1 Å². The van der Waals surface area contributed by atoms with Crippen LogP contribution < -0.4 is 10.9 Å². The smallest absolute Gasteiger partial charge is 0.341 e. The Morgan fingerprint density at radius 3 is 2.95 bits per heavy atom. The fourth-order valence-electron chi connectivity index (χ4n) is 3.23. The Morgan fingerprint density at radius 1 is 1.33 bits per heavy atom. The van der Waals surface area contributed by atoms with E-state index >= 15 is 0 Å². The quantitative estimate of drug-likeness (QED) is 0.875. The first-order valence-electron chi connectivity index (χ1n) is 7.68. The lowest BCUT2D eigenvalue weighted by molar-refractivity contribution is 0.227. The monoisotopic (exact) mass is 286 g/mol. The summed E-state index contributed by atoms with van der Waals surface area (Å²) in [4.78, 5) is 14.6. The molecule has 3 rings (SSSR count). The van der Waals surface area contributed by atoms with Crippen molar-refractivity contribution in [1.29, 1.82) is 0 Å². The van der Waals surface area contributed by atoms with Gasteiger partial charge in [-0.25, -0.2) is 4.79 Å². The first kappa shape index (κ1) is 14.3. The third-order valence-electron chi connectivity index (χ3n) is 4.17. The number of para-hydroxylation sites is 1. The number of hydrogen-bond donors (Lipinski definition) is 1. The van der Waals surface area contributed by atoms with E-state index in [1.807, 2.05) is 24.3 Å². The van der Waals surface area contributed by atoms with Crippen LogP contribution >= 0.6 is 0 Å². The molecule has 4 nitrogen and oxygen atoms in total. The van der Waals surface area contributed by atoms with Gasteiger partial charge in [0.1, 0.15) is 5.58 Å². The Labute approximate surface area is 124 Å². The maximum Gasteiger partial charge on any atom is 0.341 e. The molecule has 0 radical (unpaired) electrons. The van der Waals surface area contributed by atoms with Gasteiger partial charge in [-0.2, -0.15) is 0 Å². The van der Waals surface area contributed by atoms with Crippen molar-refractivity contribution < 1.29 is 4.42 Å². The van der Waals surface area contributed by atoms with Crippen molar-refractivity contribution in [3.8, 4) is 0 Å². The van der Waals surface area contributed by atoms with Crippen LogP contribution in [0.1, 0.15) is 25.0 Å². The lowest BCUT2D eigenvalue weighted by Gasteiger charge is -2.30. The van der Waals surface area contributed by atoms with E-state index < -0.39 is 0 Å². The molecule has 1 atom stereocenters. The topological polar surface area (TPSA) is 45.5 Å². The lowest BCUT2D eigenvalue weighted by Crippen LogP contribution is -2.42. The van der Waals surface area contributed by atoms with Gasteiger partial charge in [-0.05, 0) is 31.5 Å². The third-order valence-corrected chi connectivity index (χ3v) is 4.17. The van der Waals surface area contributed by atoms with Gasteiger partial charge in [0.2, 0.25) is 0 Å². The molecule has 0 unspecified atom stereocenters. The van der Waals surface area contributed by atoms with E-state index in [0.717, 1.165) is 37.0 Å². The normalized spacial score (nSPS) is 16.9. The molecule has 1 aromatic carbocycles. The number of rotatable bonds is 4. The fraction of sp³-hybridized carbons (Fsp3) is 0.471. The van der Waals surface area contributed by atoms with Gasteiger partial charge in [0, 0.05) is 31.1 Å². The Hall–Kier alpha value is -1.65. The molecule has 0 aliphatic carbocycles. The second-order valence-corrected chi connectivity index (χ2v) is 5.79. The highest BCUT2D eigenvalue weighted by atomic mass is 16.4. The van der Waals surface area contributed by atoms with Crippen molar-refractivity contribution in [1.82, 2.24) is 10.2 Å². The zero-order valence-corrected chi connectivity index (χ0v) is 12.7. The summed E-state index contributed by atoms with van der Waals surface area (Å²) in [5.74, 6) is 0. The van der Waals surface area contributed by atoms with Crippen LogP contribution in [-0.4, -0.2) is 30.6 Å². The van der Waals surface area contributed by atoms with Gasteiger partial charge in [0.05, 0.1) is 5.56 Å². The number of nitrogens with one attached hydrogen (secondary N) is 1. The Bertz CT molecular complexity index is 693. The molecule has 0 saturated carbocycles. The highest BCUT2D eigenvalue weighted by Crippen LogP contribution is 2.24. The van der Waals surface area contributed by atoms with Gasteiger partial charge >= 0.3 is 5.63 Å². The minimum absolute atomic E-state index is 0.176. The maximum atomic E-state index is 12.2. The molecule has 2 aromatic rings. The molecule has 1 N–H and O–H groups in total.